The molecule has 0 radical (unpaired) electrons. The lowest BCUT2D eigenvalue weighted by molar-refractivity contribution is 0.767. The van der Waals surface area contributed by atoms with Crippen LogP contribution in [0.25, 0.3) is 0 Å². The Morgan fingerprint density at radius 3 is 2.62 bits per heavy atom. The molecule has 1 saturated carbocycles. The second-order valence-electron chi connectivity index (χ2n) is 3.67. The number of nitrogens with zero attached hydrogens (tertiary/aromatic N) is 4. The number of hydrogen-bond donors (Lipinski definition) is 0. The molecule has 0 N–H and O–H groups in total. The molecule has 1 fully saturated rings. The lowest BCUT2D eigenvalue weighted by Gasteiger charge is -2.16. The minimum absolute atomic E-state index is 0.701. The molecule has 0 aromatic carbocycles. The minimum Gasteiger partial charge on any atom is -0.341 e. The molecule has 0 saturated heterocycles. The number of aryl methyl sites for hydroxylation is 1. The second kappa shape index (κ2) is 3.01. The normalized spacial score (nSPS) is 16.2. The van der Waals surface area contributed by atoms with Crippen molar-refractivity contribution in [2.24, 2.45) is 7.05 Å². The van der Waals surface area contributed by atoms with Crippen LogP contribution >= 0.6 is 0 Å². The predicted molar refractivity (Wildman–Crippen MR) is 51.8 cm³/mol. The van der Waals surface area contributed by atoms with Crippen LogP contribution in [0.1, 0.15) is 25.6 Å². The molecule has 4 nitrogen and oxygen atoms in total. The van der Waals surface area contributed by atoms with Gasteiger partial charge in [0, 0.05) is 26.6 Å². The van der Waals surface area contributed by atoms with Gasteiger partial charge in [0.25, 0.3) is 0 Å². The van der Waals surface area contributed by atoms with Crippen molar-refractivity contribution >= 4 is 5.95 Å². The van der Waals surface area contributed by atoms with Gasteiger partial charge in [0.15, 0.2) is 0 Å². The van der Waals surface area contributed by atoms with Crippen molar-refractivity contribution in [2.75, 3.05) is 11.9 Å². The summed E-state index contributed by atoms with van der Waals surface area (Å²) in [4.78, 5) is 2.23. The molecule has 0 amide bonds. The van der Waals surface area contributed by atoms with E-state index in [9.17, 15) is 0 Å². The van der Waals surface area contributed by atoms with E-state index >= 15 is 0 Å². The van der Waals surface area contributed by atoms with Gasteiger partial charge in [0.2, 0.25) is 5.95 Å². The largest absolute Gasteiger partial charge is 0.341 e. The van der Waals surface area contributed by atoms with Gasteiger partial charge < -0.3 is 9.47 Å². The Hall–Kier alpha value is -1.06. The molecular formula is C9H16N4. The standard InChI is InChI=1S/C9H16N4/c1-4-8-10-11-9(13(8)3)12(2)7-5-6-7/h7H,4-6H2,1-3H3. The lowest BCUT2D eigenvalue weighted by Crippen LogP contribution is -2.23. The van der Waals surface area contributed by atoms with Crippen LogP contribution in [0.15, 0.2) is 0 Å². The van der Waals surface area contributed by atoms with Crippen molar-refractivity contribution in [1.82, 2.24) is 14.8 Å². The molecule has 1 heterocycles. The van der Waals surface area contributed by atoms with E-state index in [2.05, 4.69) is 33.6 Å². The minimum atomic E-state index is 0.701. The average Bonchev–Trinajstić information content (AvgIpc) is 2.89. The zero-order valence-electron chi connectivity index (χ0n) is 8.49. The fourth-order valence-corrected chi connectivity index (χ4v) is 1.59. The molecule has 13 heavy (non-hydrogen) atoms. The van der Waals surface area contributed by atoms with Gasteiger partial charge in [0.05, 0.1) is 0 Å². The van der Waals surface area contributed by atoms with Crippen LogP contribution in [0.4, 0.5) is 5.95 Å². The molecule has 1 aromatic rings. The molecule has 2 rings (SSSR count). The zero-order chi connectivity index (χ0) is 9.42. The van der Waals surface area contributed by atoms with Gasteiger partial charge in [-0.1, -0.05) is 6.92 Å². The Balaban J connectivity index is 2.23. The summed E-state index contributed by atoms with van der Waals surface area (Å²) in [5.74, 6) is 2.06. The molecule has 0 spiro atoms. The number of hydrogen-bond acceptors (Lipinski definition) is 3. The van der Waals surface area contributed by atoms with Gasteiger partial charge in [0.1, 0.15) is 5.82 Å². The molecule has 1 aliphatic carbocycles. The maximum absolute atomic E-state index is 4.19. The summed E-state index contributed by atoms with van der Waals surface area (Å²) in [6.45, 7) is 2.10. The summed E-state index contributed by atoms with van der Waals surface area (Å²) < 4.78 is 2.08. The van der Waals surface area contributed by atoms with E-state index in [1.165, 1.54) is 12.8 Å². The second-order valence-corrected chi connectivity index (χ2v) is 3.67. The van der Waals surface area contributed by atoms with Crippen molar-refractivity contribution in [3.05, 3.63) is 5.82 Å². The number of aromatic nitrogens is 3. The Morgan fingerprint density at radius 2 is 2.15 bits per heavy atom. The van der Waals surface area contributed by atoms with Crippen LogP contribution in [0.2, 0.25) is 0 Å². The van der Waals surface area contributed by atoms with E-state index in [4.69, 9.17) is 0 Å². The van der Waals surface area contributed by atoms with Crippen LogP contribution in [0.5, 0.6) is 0 Å². The van der Waals surface area contributed by atoms with E-state index in [1.807, 2.05) is 7.05 Å². The van der Waals surface area contributed by atoms with E-state index in [1.54, 1.807) is 0 Å². The molecule has 0 atom stereocenters. The smallest absolute Gasteiger partial charge is 0.226 e. The first-order chi connectivity index (χ1) is 6.24. The highest BCUT2D eigenvalue weighted by atomic mass is 15.4. The van der Waals surface area contributed by atoms with Crippen LogP contribution < -0.4 is 4.90 Å². The fraction of sp³-hybridized carbons (Fsp3) is 0.778. The molecule has 0 unspecified atom stereocenters. The Labute approximate surface area is 78.6 Å². The summed E-state index contributed by atoms with van der Waals surface area (Å²) in [5, 5.41) is 8.32. The first kappa shape index (κ1) is 8.53. The topological polar surface area (TPSA) is 34.0 Å². The maximum Gasteiger partial charge on any atom is 0.226 e. The first-order valence-corrected chi connectivity index (χ1v) is 4.85. The predicted octanol–water partition coefficient (Wildman–Crippen LogP) is 0.976. The lowest BCUT2D eigenvalue weighted by atomic mass is 10.4. The van der Waals surface area contributed by atoms with E-state index < -0.39 is 0 Å². The molecule has 72 valence electrons. The highest BCUT2D eigenvalue weighted by Gasteiger charge is 2.29. The summed E-state index contributed by atoms with van der Waals surface area (Å²) >= 11 is 0. The average molecular weight is 180 g/mol. The third kappa shape index (κ3) is 1.41. The van der Waals surface area contributed by atoms with Crippen LogP contribution in [-0.2, 0) is 13.5 Å². The van der Waals surface area contributed by atoms with Crippen molar-refractivity contribution in [2.45, 2.75) is 32.2 Å². The van der Waals surface area contributed by atoms with Crippen molar-refractivity contribution in [3.8, 4) is 0 Å². The van der Waals surface area contributed by atoms with Gasteiger partial charge in [-0.2, -0.15) is 0 Å². The molecule has 1 aromatic heterocycles. The highest BCUT2D eigenvalue weighted by Crippen LogP contribution is 2.28. The van der Waals surface area contributed by atoms with Gasteiger partial charge in [-0.3, -0.25) is 0 Å². The SMILES string of the molecule is CCc1nnc(N(C)C2CC2)n1C. The number of anilines is 1. The van der Waals surface area contributed by atoms with Crippen molar-refractivity contribution < 1.29 is 0 Å². The summed E-state index contributed by atoms with van der Waals surface area (Å²) in [7, 11) is 4.13. The molecule has 1 aliphatic rings. The third-order valence-corrected chi connectivity index (χ3v) is 2.67. The summed E-state index contributed by atoms with van der Waals surface area (Å²) in [6, 6.07) is 0.701. The summed E-state index contributed by atoms with van der Waals surface area (Å²) in [5.41, 5.74) is 0. The van der Waals surface area contributed by atoms with Gasteiger partial charge in [-0.15, -0.1) is 10.2 Å². The molecule has 0 bridgehead atoms. The third-order valence-electron chi connectivity index (χ3n) is 2.67. The maximum atomic E-state index is 4.19. The molecular weight excluding hydrogens is 164 g/mol. The first-order valence-electron chi connectivity index (χ1n) is 4.85. The molecule has 4 heteroatoms. The van der Waals surface area contributed by atoms with Crippen molar-refractivity contribution in [3.63, 3.8) is 0 Å². The van der Waals surface area contributed by atoms with Crippen LogP contribution in [0.3, 0.4) is 0 Å². The zero-order valence-corrected chi connectivity index (χ0v) is 8.49. The Kier molecular flexibility index (Phi) is 1.98. The Morgan fingerprint density at radius 1 is 1.46 bits per heavy atom. The molecule has 0 aliphatic heterocycles. The van der Waals surface area contributed by atoms with Crippen LogP contribution in [0, 0.1) is 0 Å². The van der Waals surface area contributed by atoms with Gasteiger partial charge in [-0.05, 0) is 12.8 Å². The van der Waals surface area contributed by atoms with Gasteiger partial charge >= 0.3 is 0 Å². The van der Waals surface area contributed by atoms with Crippen molar-refractivity contribution in [1.29, 1.82) is 0 Å². The summed E-state index contributed by atoms with van der Waals surface area (Å²) in [6.07, 6.45) is 3.54. The monoisotopic (exact) mass is 180 g/mol. The quantitative estimate of drug-likeness (QED) is 0.695. The number of rotatable bonds is 3. The van der Waals surface area contributed by atoms with E-state index in [0.717, 1.165) is 18.2 Å². The van der Waals surface area contributed by atoms with E-state index in [-0.39, 0.29) is 0 Å². The fourth-order valence-electron chi connectivity index (χ4n) is 1.59. The van der Waals surface area contributed by atoms with Crippen LogP contribution in [-0.4, -0.2) is 27.9 Å². The van der Waals surface area contributed by atoms with E-state index in [0.29, 0.717) is 6.04 Å². The Bertz CT molecular complexity index is 301. The van der Waals surface area contributed by atoms with Gasteiger partial charge in [-0.25, -0.2) is 0 Å². The highest BCUT2D eigenvalue weighted by molar-refractivity contribution is 5.33.